The summed E-state index contributed by atoms with van der Waals surface area (Å²) in [6.07, 6.45) is 6.32. The first-order valence-corrected chi connectivity index (χ1v) is 6.45. The predicted octanol–water partition coefficient (Wildman–Crippen LogP) is 1.34. The van der Waals surface area contributed by atoms with Crippen molar-refractivity contribution in [1.82, 2.24) is 9.88 Å². The van der Waals surface area contributed by atoms with Gasteiger partial charge in [0.05, 0.1) is 17.6 Å². The summed E-state index contributed by atoms with van der Waals surface area (Å²) in [4.78, 5) is 9.28. The first-order valence-electron chi connectivity index (χ1n) is 6.45. The average Bonchev–Trinajstić information content (AvgIpc) is 2.75. The molecule has 4 nitrogen and oxygen atoms in total. The van der Waals surface area contributed by atoms with Crippen LogP contribution >= 0.6 is 0 Å². The molecule has 0 spiro atoms. The minimum atomic E-state index is 0.549. The molecule has 0 amide bonds. The van der Waals surface area contributed by atoms with Gasteiger partial charge in [0.1, 0.15) is 0 Å². The Labute approximate surface area is 102 Å². The largest absolute Gasteiger partial charge is 0.397 e. The van der Waals surface area contributed by atoms with Gasteiger partial charge in [-0.15, -0.1) is 0 Å². The van der Waals surface area contributed by atoms with Crippen molar-refractivity contribution in [3.63, 3.8) is 0 Å². The minimum Gasteiger partial charge on any atom is -0.397 e. The van der Waals surface area contributed by atoms with E-state index in [1.807, 2.05) is 12.3 Å². The highest BCUT2D eigenvalue weighted by Crippen LogP contribution is 2.28. The molecule has 2 saturated heterocycles. The molecule has 0 aliphatic carbocycles. The molecule has 1 aromatic heterocycles. The van der Waals surface area contributed by atoms with Crippen LogP contribution in [-0.4, -0.2) is 41.6 Å². The molecule has 0 saturated carbocycles. The Morgan fingerprint density at radius 3 is 3.06 bits per heavy atom. The highest BCUT2D eigenvalue weighted by atomic mass is 15.3. The zero-order chi connectivity index (χ0) is 11.8. The molecule has 92 valence electrons. The first kappa shape index (κ1) is 10.8. The highest BCUT2D eigenvalue weighted by Gasteiger charge is 2.34. The third-order valence-corrected chi connectivity index (χ3v) is 4.01. The van der Waals surface area contributed by atoms with Crippen LogP contribution in [0.1, 0.15) is 19.8 Å². The van der Waals surface area contributed by atoms with Crippen molar-refractivity contribution in [1.29, 1.82) is 0 Å². The van der Waals surface area contributed by atoms with Crippen LogP contribution < -0.4 is 10.6 Å². The van der Waals surface area contributed by atoms with Crippen molar-refractivity contribution in [2.24, 2.45) is 0 Å². The number of aromatic nitrogens is 1. The number of hydrogen-bond acceptors (Lipinski definition) is 4. The van der Waals surface area contributed by atoms with Gasteiger partial charge in [0.15, 0.2) is 0 Å². The Morgan fingerprint density at radius 1 is 1.35 bits per heavy atom. The van der Waals surface area contributed by atoms with Crippen LogP contribution in [0.3, 0.4) is 0 Å². The lowest BCUT2D eigenvalue weighted by molar-refractivity contribution is 0.203. The fraction of sp³-hybridized carbons (Fsp3) is 0.615. The molecule has 2 atom stereocenters. The van der Waals surface area contributed by atoms with Gasteiger partial charge in [-0.2, -0.15) is 0 Å². The molecule has 0 aromatic carbocycles. The third kappa shape index (κ3) is 1.97. The van der Waals surface area contributed by atoms with E-state index in [1.54, 1.807) is 6.20 Å². The normalized spacial score (nSPS) is 29.4. The van der Waals surface area contributed by atoms with Gasteiger partial charge in [0, 0.05) is 31.4 Å². The zero-order valence-corrected chi connectivity index (χ0v) is 10.3. The van der Waals surface area contributed by atoms with E-state index >= 15 is 0 Å². The summed E-state index contributed by atoms with van der Waals surface area (Å²) in [6.45, 7) is 5.85. The molecular weight excluding hydrogens is 212 g/mol. The number of anilines is 2. The lowest BCUT2D eigenvalue weighted by atomic mass is 10.1. The van der Waals surface area contributed by atoms with E-state index in [-0.39, 0.29) is 0 Å². The average molecular weight is 232 g/mol. The molecule has 0 radical (unpaired) electrons. The summed E-state index contributed by atoms with van der Waals surface area (Å²) in [7, 11) is 0. The van der Waals surface area contributed by atoms with E-state index in [2.05, 4.69) is 21.7 Å². The monoisotopic (exact) mass is 232 g/mol. The Morgan fingerprint density at radius 2 is 2.24 bits per heavy atom. The fourth-order valence-corrected chi connectivity index (χ4v) is 3.15. The van der Waals surface area contributed by atoms with E-state index in [9.17, 15) is 0 Å². The van der Waals surface area contributed by atoms with Crippen LogP contribution in [0.25, 0.3) is 0 Å². The number of nitrogens with two attached hydrogens (primary N) is 1. The summed E-state index contributed by atoms with van der Waals surface area (Å²) in [5.41, 5.74) is 7.74. The topological polar surface area (TPSA) is 45.4 Å². The van der Waals surface area contributed by atoms with Crippen LogP contribution in [0, 0.1) is 0 Å². The number of nitrogen functional groups attached to an aromatic ring is 1. The van der Waals surface area contributed by atoms with Crippen molar-refractivity contribution < 1.29 is 0 Å². The highest BCUT2D eigenvalue weighted by molar-refractivity contribution is 5.54. The second-order valence-corrected chi connectivity index (χ2v) is 5.27. The second-order valence-electron chi connectivity index (χ2n) is 5.27. The van der Waals surface area contributed by atoms with Crippen molar-refractivity contribution in [3.05, 3.63) is 18.5 Å². The fourth-order valence-electron chi connectivity index (χ4n) is 3.15. The predicted molar refractivity (Wildman–Crippen MR) is 70.1 cm³/mol. The summed E-state index contributed by atoms with van der Waals surface area (Å²) >= 11 is 0. The molecule has 0 bridgehead atoms. The van der Waals surface area contributed by atoms with Crippen LogP contribution in [0.2, 0.25) is 0 Å². The molecule has 2 aliphatic heterocycles. The van der Waals surface area contributed by atoms with Gasteiger partial charge in [0.25, 0.3) is 0 Å². The summed E-state index contributed by atoms with van der Waals surface area (Å²) < 4.78 is 0. The number of fused-ring (bicyclic) bond motifs is 1. The Hall–Kier alpha value is -1.29. The van der Waals surface area contributed by atoms with Crippen molar-refractivity contribution in [2.75, 3.05) is 30.3 Å². The number of rotatable bonds is 1. The van der Waals surface area contributed by atoms with Crippen LogP contribution in [0.15, 0.2) is 18.5 Å². The smallest absolute Gasteiger partial charge is 0.0576 e. The molecule has 2 N–H and O–H groups in total. The van der Waals surface area contributed by atoms with Crippen molar-refractivity contribution in [3.8, 4) is 0 Å². The number of hydrogen-bond donors (Lipinski definition) is 1. The van der Waals surface area contributed by atoms with Gasteiger partial charge >= 0.3 is 0 Å². The van der Waals surface area contributed by atoms with Crippen molar-refractivity contribution >= 4 is 11.4 Å². The maximum Gasteiger partial charge on any atom is 0.0576 e. The number of nitrogens with zero attached hydrogens (tertiary/aromatic N) is 3. The minimum absolute atomic E-state index is 0.549. The van der Waals surface area contributed by atoms with Crippen molar-refractivity contribution in [2.45, 2.75) is 31.8 Å². The van der Waals surface area contributed by atoms with Gasteiger partial charge in [-0.25, -0.2) is 0 Å². The van der Waals surface area contributed by atoms with Crippen LogP contribution in [0.4, 0.5) is 11.4 Å². The van der Waals surface area contributed by atoms with Gasteiger partial charge in [-0.1, -0.05) is 0 Å². The standard InChI is InChI=1S/C13H20N4/c1-10-8-16-4-2-3-12(16)9-17(10)13-5-11(14)6-15-7-13/h5-7,10,12H,2-4,8-9,14H2,1H3. The maximum atomic E-state index is 5.82. The Bertz CT molecular complexity index is 406. The van der Waals surface area contributed by atoms with E-state index in [0.29, 0.717) is 6.04 Å². The van der Waals surface area contributed by atoms with Crippen LogP contribution in [-0.2, 0) is 0 Å². The zero-order valence-electron chi connectivity index (χ0n) is 10.3. The molecule has 2 aliphatic rings. The van der Waals surface area contributed by atoms with Crippen LogP contribution in [0.5, 0.6) is 0 Å². The Balaban J connectivity index is 1.83. The molecule has 17 heavy (non-hydrogen) atoms. The Kier molecular flexibility index (Phi) is 2.67. The summed E-state index contributed by atoms with van der Waals surface area (Å²) in [5.74, 6) is 0. The molecule has 3 rings (SSSR count). The third-order valence-electron chi connectivity index (χ3n) is 4.01. The van der Waals surface area contributed by atoms with E-state index < -0.39 is 0 Å². The van der Waals surface area contributed by atoms with E-state index in [0.717, 1.165) is 18.3 Å². The van der Waals surface area contributed by atoms with Gasteiger partial charge in [-0.05, 0) is 32.4 Å². The van der Waals surface area contributed by atoms with E-state index in [4.69, 9.17) is 5.73 Å². The summed E-state index contributed by atoms with van der Waals surface area (Å²) in [5, 5.41) is 0. The molecule has 3 heterocycles. The van der Waals surface area contributed by atoms with Gasteiger partial charge in [0.2, 0.25) is 0 Å². The second kappa shape index (κ2) is 4.18. The molecule has 2 fully saturated rings. The van der Waals surface area contributed by atoms with E-state index in [1.165, 1.54) is 31.6 Å². The quantitative estimate of drug-likeness (QED) is 0.793. The van der Waals surface area contributed by atoms with Gasteiger partial charge in [-0.3, -0.25) is 9.88 Å². The first-order chi connectivity index (χ1) is 8.24. The lowest BCUT2D eigenvalue weighted by Crippen LogP contribution is -2.55. The molecule has 2 unspecified atom stereocenters. The molecular formula is C13H20N4. The molecule has 4 heteroatoms. The maximum absolute atomic E-state index is 5.82. The molecule has 1 aromatic rings. The summed E-state index contributed by atoms with van der Waals surface area (Å²) in [6, 6.07) is 3.31. The number of pyridine rings is 1. The number of piperazine rings is 1. The van der Waals surface area contributed by atoms with Gasteiger partial charge < -0.3 is 10.6 Å². The SMILES string of the molecule is CC1CN2CCCC2CN1c1cncc(N)c1. The lowest BCUT2D eigenvalue weighted by Gasteiger charge is -2.43.